The standard InChI is InChI=1S/C25H24FN5O4S/c1-3-23(32)31-20-12-17-19(13-22(20)34-2)28-14-29-24(17)35-21-7-6-15(11-18(21)26)30-25(33)27-9-8-16-5-4-10-36-16/h4-7,10-14H,3,8-9H2,1-2H3,(H,31,32)(H2,27,30,33). The number of fused-ring (bicyclic) bond motifs is 1. The molecule has 4 aromatic rings. The maximum Gasteiger partial charge on any atom is 0.319 e. The van der Waals surface area contributed by atoms with Crippen molar-refractivity contribution in [3.05, 3.63) is 64.9 Å². The van der Waals surface area contributed by atoms with Crippen LogP contribution < -0.4 is 25.4 Å². The van der Waals surface area contributed by atoms with Crippen LogP contribution in [0.25, 0.3) is 10.9 Å². The number of rotatable bonds is 9. The summed E-state index contributed by atoms with van der Waals surface area (Å²) in [4.78, 5) is 33.5. The number of hydrogen-bond acceptors (Lipinski definition) is 7. The number of ether oxygens (including phenoxy) is 2. The Bertz CT molecular complexity index is 1380. The number of halogens is 1. The number of carbonyl (C=O) groups is 2. The number of thiophene rings is 1. The number of urea groups is 1. The second-order valence-electron chi connectivity index (χ2n) is 7.61. The van der Waals surface area contributed by atoms with E-state index in [2.05, 4.69) is 25.9 Å². The van der Waals surface area contributed by atoms with Crippen molar-refractivity contribution in [1.29, 1.82) is 0 Å². The monoisotopic (exact) mass is 509 g/mol. The van der Waals surface area contributed by atoms with Crippen molar-refractivity contribution in [3.63, 3.8) is 0 Å². The average Bonchev–Trinajstić information content (AvgIpc) is 3.39. The number of aromatic nitrogens is 2. The summed E-state index contributed by atoms with van der Waals surface area (Å²) >= 11 is 1.62. The first kappa shape index (κ1) is 24.9. The van der Waals surface area contributed by atoms with Crippen molar-refractivity contribution in [2.24, 2.45) is 0 Å². The number of hydrogen-bond donors (Lipinski definition) is 3. The van der Waals surface area contributed by atoms with Gasteiger partial charge in [0.15, 0.2) is 11.6 Å². The first-order chi connectivity index (χ1) is 17.5. The molecule has 0 aliphatic carbocycles. The topological polar surface area (TPSA) is 114 Å². The molecule has 0 aliphatic rings. The highest BCUT2D eigenvalue weighted by Gasteiger charge is 2.15. The van der Waals surface area contributed by atoms with E-state index in [1.165, 1.54) is 30.4 Å². The zero-order valence-electron chi connectivity index (χ0n) is 19.6. The van der Waals surface area contributed by atoms with Gasteiger partial charge in [0, 0.05) is 35.7 Å². The molecule has 0 radical (unpaired) electrons. The molecule has 0 saturated carbocycles. The van der Waals surface area contributed by atoms with E-state index in [1.54, 1.807) is 30.4 Å². The van der Waals surface area contributed by atoms with Gasteiger partial charge in [0.1, 0.15) is 12.1 Å². The summed E-state index contributed by atoms with van der Waals surface area (Å²) in [6.07, 6.45) is 2.29. The molecule has 0 bridgehead atoms. The van der Waals surface area contributed by atoms with E-state index >= 15 is 0 Å². The predicted molar refractivity (Wildman–Crippen MR) is 137 cm³/mol. The molecule has 4 rings (SSSR count). The largest absolute Gasteiger partial charge is 0.494 e. The number of methoxy groups -OCH3 is 1. The van der Waals surface area contributed by atoms with Crippen LogP contribution in [0.5, 0.6) is 17.4 Å². The first-order valence-electron chi connectivity index (χ1n) is 11.1. The molecule has 0 saturated heterocycles. The smallest absolute Gasteiger partial charge is 0.319 e. The van der Waals surface area contributed by atoms with Crippen LogP contribution in [-0.2, 0) is 11.2 Å². The Morgan fingerprint density at radius 1 is 1.08 bits per heavy atom. The van der Waals surface area contributed by atoms with Gasteiger partial charge in [-0.25, -0.2) is 19.2 Å². The highest BCUT2D eigenvalue weighted by Crippen LogP contribution is 2.35. The van der Waals surface area contributed by atoms with Crippen molar-refractivity contribution < 1.29 is 23.5 Å². The van der Waals surface area contributed by atoms with Crippen LogP contribution >= 0.6 is 11.3 Å². The molecule has 3 amide bonds. The molecule has 11 heteroatoms. The third kappa shape index (κ3) is 6.05. The van der Waals surface area contributed by atoms with Crippen molar-refractivity contribution in [2.75, 3.05) is 24.3 Å². The van der Waals surface area contributed by atoms with E-state index in [0.29, 0.717) is 28.9 Å². The van der Waals surface area contributed by atoms with Crippen LogP contribution in [0.4, 0.5) is 20.6 Å². The van der Waals surface area contributed by atoms with Gasteiger partial charge in [-0.15, -0.1) is 11.3 Å². The molecule has 0 spiro atoms. The summed E-state index contributed by atoms with van der Waals surface area (Å²) in [6.45, 7) is 2.19. The Morgan fingerprint density at radius 2 is 1.94 bits per heavy atom. The molecule has 0 atom stereocenters. The van der Waals surface area contributed by atoms with Crippen LogP contribution in [0.15, 0.2) is 54.2 Å². The van der Waals surface area contributed by atoms with Crippen LogP contribution in [0.3, 0.4) is 0 Å². The van der Waals surface area contributed by atoms with Crippen molar-refractivity contribution >= 4 is 45.6 Å². The van der Waals surface area contributed by atoms with Crippen LogP contribution in [0.2, 0.25) is 0 Å². The quantitative estimate of drug-likeness (QED) is 0.280. The van der Waals surface area contributed by atoms with Crippen molar-refractivity contribution in [2.45, 2.75) is 19.8 Å². The zero-order chi connectivity index (χ0) is 25.5. The summed E-state index contributed by atoms with van der Waals surface area (Å²) in [5.41, 5.74) is 1.18. The summed E-state index contributed by atoms with van der Waals surface area (Å²) < 4.78 is 25.9. The minimum absolute atomic E-state index is 0.0892. The van der Waals surface area contributed by atoms with Gasteiger partial charge in [-0.1, -0.05) is 13.0 Å². The maximum absolute atomic E-state index is 14.8. The Morgan fingerprint density at radius 3 is 2.67 bits per heavy atom. The first-order valence-corrected chi connectivity index (χ1v) is 12.0. The Hall–Kier alpha value is -4.25. The molecule has 0 aliphatic heterocycles. The van der Waals surface area contributed by atoms with Gasteiger partial charge in [-0.05, 0) is 36.1 Å². The van der Waals surface area contributed by atoms with Gasteiger partial charge in [-0.2, -0.15) is 0 Å². The SMILES string of the molecule is CCC(=O)Nc1cc2c(Oc3ccc(NC(=O)NCCc4cccs4)cc3F)ncnc2cc1OC. The van der Waals surface area contributed by atoms with Gasteiger partial charge in [0.25, 0.3) is 0 Å². The van der Waals surface area contributed by atoms with Gasteiger partial charge < -0.3 is 25.4 Å². The van der Waals surface area contributed by atoms with E-state index in [4.69, 9.17) is 9.47 Å². The fraction of sp³-hybridized carbons (Fsp3) is 0.200. The fourth-order valence-corrected chi connectivity index (χ4v) is 4.05. The van der Waals surface area contributed by atoms with Gasteiger partial charge in [0.05, 0.1) is 23.7 Å². The minimum atomic E-state index is -0.689. The number of carbonyl (C=O) groups excluding carboxylic acids is 2. The highest BCUT2D eigenvalue weighted by molar-refractivity contribution is 7.09. The van der Waals surface area contributed by atoms with E-state index in [1.807, 2.05) is 17.5 Å². The van der Waals surface area contributed by atoms with Crippen LogP contribution in [-0.4, -0.2) is 35.6 Å². The van der Waals surface area contributed by atoms with Crippen molar-refractivity contribution in [3.8, 4) is 17.4 Å². The normalized spacial score (nSPS) is 10.6. The molecule has 0 unspecified atom stereocenters. The third-order valence-corrected chi connectivity index (χ3v) is 6.08. The molecule has 186 valence electrons. The second-order valence-corrected chi connectivity index (χ2v) is 8.64. The lowest BCUT2D eigenvalue weighted by atomic mass is 10.2. The highest BCUT2D eigenvalue weighted by atomic mass is 32.1. The Labute approximate surface area is 210 Å². The van der Waals surface area contributed by atoms with E-state index in [0.717, 1.165) is 12.5 Å². The molecule has 36 heavy (non-hydrogen) atoms. The van der Waals surface area contributed by atoms with Gasteiger partial charge >= 0.3 is 6.03 Å². The number of benzene rings is 2. The van der Waals surface area contributed by atoms with Crippen LogP contribution in [0.1, 0.15) is 18.2 Å². The predicted octanol–water partition coefficient (Wildman–Crippen LogP) is 5.34. The molecule has 9 nitrogen and oxygen atoms in total. The van der Waals surface area contributed by atoms with E-state index < -0.39 is 11.8 Å². The number of nitrogens with zero attached hydrogens (tertiary/aromatic N) is 2. The number of amides is 3. The maximum atomic E-state index is 14.8. The number of anilines is 2. The second kappa shape index (κ2) is 11.5. The Kier molecular flexibility index (Phi) is 7.91. The molecule has 2 aromatic heterocycles. The van der Waals surface area contributed by atoms with Crippen molar-refractivity contribution in [1.82, 2.24) is 15.3 Å². The zero-order valence-corrected chi connectivity index (χ0v) is 20.4. The molecular weight excluding hydrogens is 485 g/mol. The molecule has 2 aromatic carbocycles. The van der Waals surface area contributed by atoms with E-state index in [-0.39, 0.29) is 29.6 Å². The lowest BCUT2D eigenvalue weighted by Crippen LogP contribution is -2.30. The van der Waals surface area contributed by atoms with E-state index in [9.17, 15) is 14.0 Å². The number of nitrogens with one attached hydrogen (secondary N) is 3. The molecule has 3 N–H and O–H groups in total. The van der Waals surface area contributed by atoms with Gasteiger partial charge in [-0.3, -0.25) is 4.79 Å². The minimum Gasteiger partial charge on any atom is -0.494 e. The fourth-order valence-electron chi connectivity index (χ4n) is 3.34. The van der Waals surface area contributed by atoms with Crippen LogP contribution in [0, 0.1) is 5.82 Å². The molecule has 2 heterocycles. The summed E-state index contributed by atoms with van der Waals surface area (Å²) in [5.74, 6) is -0.457. The Balaban J connectivity index is 1.48. The lowest BCUT2D eigenvalue weighted by Gasteiger charge is -2.13. The summed E-state index contributed by atoms with van der Waals surface area (Å²) in [6, 6.07) is 10.9. The molecule has 0 fully saturated rings. The third-order valence-electron chi connectivity index (χ3n) is 5.15. The molecular formula is C25H24FN5O4S. The average molecular weight is 510 g/mol. The summed E-state index contributed by atoms with van der Waals surface area (Å²) in [7, 11) is 1.48. The summed E-state index contributed by atoms with van der Waals surface area (Å²) in [5, 5.41) is 10.5. The van der Waals surface area contributed by atoms with Gasteiger partial charge in [0.2, 0.25) is 11.8 Å². The lowest BCUT2D eigenvalue weighted by molar-refractivity contribution is -0.115.